The minimum atomic E-state index is -0.372. The SMILES string of the molecule is O=C(CCn1cnc2sccc2c1=O)NC(c1ccccc1)c1ccco1. The molecule has 7 heteroatoms. The van der Waals surface area contributed by atoms with E-state index < -0.39 is 0 Å². The standard InChI is InChI=1S/C20H17N3O3S/c24-17(8-10-23-13-21-19-15(20(23)25)9-12-27-19)22-18(16-7-4-11-26-16)14-5-2-1-3-6-14/h1-7,9,11-13,18H,8,10H2,(H,22,24). The number of rotatable bonds is 6. The summed E-state index contributed by atoms with van der Waals surface area (Å²) >= 11 is 1.42. The number of carbonyl (C=O) groups is 1. The Bertz CT molecular complexity index is 1100. The highest BCUT2D eigenvalue weighted by molar-refractivity contribution is 7.16. The van der Waals surface area contributed by atoms with E-state index in [1.165, 1.54) is 22.2 Å². The summed E-state index contributed by atoms with van der Waals surface area (Å²) in [4.78, 5) is 29.9. The fourth-order valence-corrected chi connectivity index (χ4v) is 3.65. The summed E-state index contributed by atoms with van der Waals surface area (Å²) < 4.78 is 6.96. The van der Waals surface area contributed by atoms with Crippen LogP contribution in [0.25, 0.3) is 10.2 Å². The van der Waals surface area contributed by atoms with Crippen molar-refractivity contribution in [2.45, 2.75) is 19.0 Å². The van der Waals surface area contributed by atoms with Crippen LogP contribution < -0.4 is 10.9 Å². The van der Waals surface area contributed by atoms with Gasteiger partial charge in [-0.3, -0.25) is 14.2 Å². The van der Waals surface area contributed by atoms with E-state index in [4.69, 9.17) is 4.42 Å². The zero-order chi connectivity index (χ0) is 18.6. The van der Waals surface area contributed by atoms with Crippen LogP contribution in [0.2, 0.25) is 0 Å². The third-order valence-electron chi connectivity index (χ3n) is 4.30. The van der Waals surface area contributed by atoms with Crippen molar-refractivity contribution in [3.8, 4) is 0 Å². The number of fused-ring (bicyclic) bond motifs is 1. The molecule has 0 aliphatic rings. The van der Waals surface area contributed by atoms with Crippen LogP contribution in [-0.2, 0) is 11.3 Å². The van der Waals surface area contributed by atoms with Crippen molar-refractivity contribution in [1.82, 2.24) is 14.9 Å². The molecule has 136 valence electrons. The molecule has 1 N–H and O–H groups in total. The number of furan rings is 1. The average Bonchev–Trinajstić information content (AvgIpc) is 3.38. The second-order valence-corrected chi connectivity index (χ2v) is 6.95. The first-order valence-electron chi connectivity index (χ1n) is 8.53. The van der Waals surface area contributed by atoms with Crippen LogP contribution in [0.1, 0.15) is 23.8 Å². The van der Waals surface area contributed by atoms with Gasteiger partial charge in [-0.2, -0.15) is 0 Å². The van der Waals surface area contributed by atoms with Gasteiger partial charge in [-0.25, -0.2) is 4.98 Å². The number of amides is 1. The molecule has 1 atom stereocenters. The summed E-state index contributed by atoms with van der Waals surface area (Å²) in [5.41, 5.74) is 0.805. The molecule has 0 aliphatic heterocycles. The van der Waals surface area contributed by atoms with E-state index >= 15 is 0 Å². The summed E-state index contributed by atoms with van der Waals surface area (Å²) in [6.45, 7) is 0.267. The number of benzene rings is 1. The van der Waals surface area contributed by atoms with E-state index in [0.717, 1.165) is 5.56 Å². The van der Waals surface area contributed by atoms with Crippen molar-refractivity contribution >= 4 is 27.5 Å². The number of aromatic nitrogens is 2. The Morgan fingerprint density at radius 3 is 2.81 bits per heavy atom. The van der Waals surface area contributed by atoms with E-state index in [0.29, 0.717) is 16.0 Å². The Balaban J connectivity index is 1.48. The van der Waals surface area contributed by atoms with Crippen molar-refractivity contribution in [2.75, 3.05) is 0 Å². The molecule has 3 aromatic heterocycles. The van der Waals surface area contributed by atoms with Crippen LogP contribution in [0.4, 0.5) is 0 Å². The van der Waals surface area contributed by atoms with Gasteiger partial charge < -0.3 is 9.73 Å². The van der Waals surface area contributed by atoms with E-state index in [9.17, 15) is 9.59 Å². The van der Waals surface area contributed by atoms with Crippen LogP contribution in [-0.4, -0.2) is 15.5 Å². The smallest absolute Gasteiger partial charge is 0.262 e. The third-order valence-corrected chi connectivity index (χ3v) is 5.12. The topological polar surface area (TPSA) is 77.1 Å². The molecular formula is C20H17N3O3S. The van der Waals surface area contributed by atoms with E-state index in [1.54, 1.807) is 18.4 Å². The zero-order valence-corrected chi connectivity index (χ0v) is 15.2. The molecule has 0 spiro atoms. The van der Waals surface area contributed by atoms with Crippen LogP contribution >= 0.6 is 11.3 Å². The Labute approximate surface area is 159 Å². The highest BCUT2D eigenvalue weighted by Crippen LogP contribution is 2.22. The molecular weight excluding hydrogens is 362 g/mol. The predicted octanol–water partition coefficient (Wildman–Crippen LogP) is 3.35. The second kappa shape index (κ2) is 7.59. The van der Waals surface area contributed by atoms with Crippen molar-refractivity contribution in [2.24, 2.45) is 0 Å². The molecule has 0 bridgehead atoms. The number of hydrogen-bond donors (Lipinski definition) is 1. The van der Waals surface area contributed by atoms with Crippen LogP contribution in [0.3, 0.4) is 0 Å². The fraction of sp³-hybridized carbons (Fsp3) is 0.150. The van der Waals surface area contributed by atoms with Crippen molar-refractivity contribution < 1.29 is 9.21 Å². The third kappa shape index (κ3) is 3.68. The van der Waals surface area contributed by atoms with E-state index in [1.807, 2.05) is 41.8 Å². The normalized spacial score (nSPS) is 12.1. The van der Waals surface area contributed by atoms with Crippen molar-refractivity contribution in [1.29, 1.82) is 0 Å². The minimum absolute atomic E-state index is 0.125. The van der Waals surface area contributed by atoms with E-state index in [2.05, 4.69) is 10.3 Å². The zero-order valence-electron chi connectivity index (χ0n) is 14.4. The predicted molar refractivity (Wildman–Crippen MR) is 104 cm³/mol. The van der Waals surface area contributed by atoms with Gasteiger partial charge in [0, 0.05) is 13.0 Å². The molecule has 27 heavy (non-hydrogen) atoms. The molecule has 0 saturated heterocycles. The number of nitrogens with zero attached hydrogens (tertiary/aromatic N) is 2. The van der Waals surface area contributed by atoms with Crippen molar-refractivity contribution in [3.05, 3.63) is 88.2 Å². The minimum Gasteiger partial charge on any atom is -0.467 e. The van der Waals surface area contributed by atoms with Gasteiger partial charge in [-0.1, -0.05) is 30.3 Å². The van der Waals surface area contributed by atoms with Gasteiger partial charge in [0.25, 0.3) is 5.56 Å². The molecule has 0 fully saturated rings. The average molecular weight is 379 g/mol. The first kappa shape index (κ1) is 17.2. The Hall–Kier alpha value is -3.19. The highest BCUT2D eigenvalue weighted by Gasteiger charge is 2.19. The van der Waals surface area contributed by atoms with Gasteiger partial charge in [-0.05, 0) is 29.1 Å². The first-order valence-corrected chi connectivity index (χ1v) is 9.41. The Morgan fingerprint density at radius 2 is 2.04 bits per heavy atom. The summed E-state index contributed by atoms with van der Waals surface area (Å²) in [5, 5.41) is 5.41. The molecule has 0 saturated carbocycles. The van der Waals surface area contributed by atoms with Crippen molar-refractivity contribution in [3.63, 3.8) is 0 Å². The molecule has 6 nitrogen and oxygen atoms in total. The maximum absolute atomic E-state index is 12.5. The van der Waals surface area contributed by atoms with Gasteiger partial charge in [0.1, 0.15) is 16.6 Å². The molecule has 0 radical (unpaired) electrons. The summed E-state index contributed by atoms with van der Waals surface area (Å²) in [7, 11) is 0. The maximum Gasteiger partial charge on any atom is 0.262 e. The number of nitrogens with one attached hydrogen (secondary N) is 1. The van der Waals surface area contributed by atoms with Gasteiger partial charge in [0.05, 0.1) is 18.0 Å². The molecule has 4 rings (SSSR count). The van der Waals surface area contributed by atoms with Crippen LogP contribution in [0.15, 0.2) is 75.7 Å². The highest BCUT2D eigenvalue weighted by atomic mass is 32.1. The van der Waals surface area contributed by atoms with Gasteiger partial charge >= 0.3 is 0 Å². The summed E-state index contributed by atoms with van der Waals surface area (Å²) in [6.07, 6.45) is 3.25. The summed E-state index contributed by atoms with van der Waals surface area (Å²) in [5.74, 6) is 0.491. The lowest BCUT2D eigenvalue weighted by Gasteiger charge is -2.17. The number of carbonyl (C=O) groups excluding carboxylic acids is 1. The number of thiophene rings is 1. The molecule has 4 aromatic rings. The first-order chi connectivity index (χ1) is 13.2. The van der Waals surface area contributed by atoms with Crippen LogP contribution in [0.5, 0.6) is 0 Å². The molecule has 1 unspecified atom stereocenters. The molecule has 1 aromatic carbocycles. The summed E-state index contributed by atoms with van der Waals surface area (Å²) in [6, 6.07) is 14.6. The lowest BCUT2D eigenvalue weighted by atomic mass is 10.0. The number of hydrogen-bond acceptors (Lipinski definition) is 5. The lowest BCUT2D eigenvalue weighted by Crippen LogP contribution is -2.31. The largest absolute Gasteiger partial charge is 0.467 e. The van der Waals surface area contributed by atoms with Gasteiger partial charge in [0.2, 0.25) is 5.91 Å². The Morgan fingerprint density at radius 1 is 1.19 bits per heavy atom. The quantitative estimate of drug-likeness (QED) is 0.557. The van der Waals surface area contributed by atoms with Gasteiger partial charge in [-0.15, -0.1) is 11.3 Å². The molecule has 0 aliphatic carbocycles. The lowest BCUT2D eigenvalue weighted by molar-refractivity contribution is -0.121. The van der Waals surface area contributed by atoms with Gasteiger partial charge in [0.15, 0.2) is 0 Å². The molecule has 3 heterocycles. The monoisotopic (exact) mass is 379 g/mol. The maximum atomic E-state index is 12.5. The number of aryl methyl sites for hydroxylation is 1. The molecule has 1 amide bonds. The van der Waals surface area contributed by atoms with Crippen LogP contribution in [0, 0.1) is 0 Å². The second-order valence-electron chi connectivity index (χ2n) is 6.06. The Kier molecular flexibility index (Phi) is 4.84. The fourth-order valence-electron chi connectivity index (χ4n) is 2.93. The van der Waals surface area contributed by atoms with E-state index in [-0.39, 0.29) is 30.5 Å².